The van der Waals surface area contributed by atoms with Crippen molar-refractivity contribution in [2.45, 2.75) is 0 Å². The zero-order chi connectivity index (χ0) is 12.8. The average Bonchev–Trinajstić information content (AvgIpc) is 2.26. The van der Waals surface area contributed by atoms with Gasteiger partial charge in [-0.1, -0.05) is 6.58 Å². The van der Waals surface area contributed by atoms with Gasteiger partial charge in [-0.05, 0) is 79.9 Å². The number of rotatable bonds is 5. The van der Waals surface area contributed by atoms with Crippen LogP contribution in [0.15, 0.2) is 24.8 Å². The van der Waals surface area contributed by atoms with Gasteiger partial charge in [0.25, 0.3) is 0 Å². The van der Waals surface area contributed by atoms with Gasteiger partial charge in [0.1, 0.15) is 19.0 Å². The normalized spacial score (nSPS) is 9.82. The molecule has 0 aromatic heterocycles. The molecule has 0 saturated heterocycles. The van der Waals surface area contributed by atoms with Gasteiger partial charge in [-0.3, -0.25) is 0 Å². The van der Waals surface area contributed by atoms with E-state index in [0.29, 0.717) is 6.61 Å². The van der Waals surface area contributed by atoms with Crippen molar-refractivity contribution in [1.82, 2.24) is 0 Å². The zero-order valence-corrected chi connectivity index (χ0v) is 15.2. The van der Waals surface area contributed by atoms with E-state index in [-0.39, 0.29) is 6.61 Å². The summed E-state index contributed by atoms with van der Waals surface area (Å²) >= 11 is 6.71. The van der Waals surface area contributed by atoms with E-state index >= 15 is 0 Å². The minimum absolute atomic E-state index is 0.225. The Kier molecular flexibility index (Phi) is 7.07. The van der Waals surface area contributed by atoms with E-state index < -0.39 is 5.97 Å². The molecule has 1 rings (SSSR count). The summed E-state index contributed by atoms with van der Waals surface area (Å²) in [5.41, 5.74) is 0. The van der Waals surface area contributed by atoms with Gasteiger partial charge < -0.3 is 9.47 Å². The molecule has 17 heavy (non-hydrogen) atoms. The van der Waals surface area contributed by atoms with Crippen LogP contribution in [0, 0.1) is 10.7 Å². The Bertz CT molecular complexity index is 409. The van der Waals surface area contributed by atoms with Gasteiger partial charge in [0, 0.05) is 9.65 Å². The molecule has 0 N–H and O–H groups in total. The maximum absolute atomic E-state index is 10.8. The Labute approximate surface area is 141 Å². The molecule has 0 bridgehead atoms. The van der Waals surface area contributed by atoms with Crippen molar-refractivity contribution in [3.05, 3.63) is 35.5 Å². The summed E-state index contributed by atoms with van der Waals surface area (Å²) in [4.78, 5) is 10.8. The molecule has 0 aliphatic heterocycles. The summed E-state index contributed by atoms with van der Waals surface area (Å²) in [7, 11) is 0. The van der Waals surface area contributed by atoms with Gasteiger partial charge in [-0.25, -0.2) is 4.79 Å². The number of benzene rings is 1. The fraction of sp³-hybridized carbons (Fsp3) is 0.182. The van der Waals surface area contributed by atoms with E-state index in [2.05, 4.69) is 74.4 Å². The van der Waals surface area contributed by atoms with Crippen LogP contribution in [0.5, 0.6) is 5.75 Å². The van der Waals surface area contributed by atoms with Crippen molar-refractivity contribution in [2.75, 3.05) is 13.2 Å². The lowest BCUT2D eigenvalue weighted by molar-refractivity contribution is -0.138. The first-order valence-electron chi connectivity index (χ1n) is 4.61. The van der Waals surface area contributed by atoms with E-state index in [1.165, 1.54) is 3.57 Å². The Morgan fingerprint density at radius 3 is 2.35 bits per heavy atom. The van der Waals surface area contributed by atoms with E-state index in [1.807, 2.05) is 12.1 Å². The molecule has 0 aliphatic carbocycles. The maximum Gasteiger partial charge on any atom is 0.330 e. The fourth-order valence-electron chi connectivity index (χ4n) is 1.01. The predicted molar refractivity (Wildman–Crippen MR) is 91.2 cm³/mol. The smallest absolute Gasteiger partial charge is 0.330 e. The number of hydrogen-bond donors (Lipinski definition) is 0. The SMILES string of the molecule is C=CC(=O)OCCOc1c(I)cc(I)cc1I. The van der Waals surface area contributed by atoms with Crippen LogP contribution in [-0.4, -0.2) is 19.2 Å². The number of halogens is 3. The largest absolute Gasteiger partial charge is 0.488 e. The Morgan fingerprint density at radius 2 is 1.82 bits per heavy atom. The highest BCUT2D eigenvalue weighted by Crippen LogP contribution is 2.29. The maximum atomic E-state index is 10.8. The molecule has 3 nitrogen and oxygen atoms in total. The first-order chi connectivity index (χ1) is 8.04. The third kappa shape index (κ3) is 5.28. The molecule has 0 atom stereocenters. The van der Waals surface area contributed by atoms with E-state index in [1.54, 1.807) is 0 Å². The number of hydrogen-bond acceptors (Lipinski definition) is 3. The van der Waals surface area contributed by atoms with Gasteiger partial charge >= 0.3 is 5.97 Å². The first kappa shape index (κ1) is 15.5. The number of carbonyl (C=O) groups excluding carboxylic acids is 1. The van der Waals surface area contributed by atoms with Crippen LogP contribution in [0.4, 0.5) is 0 Å². The summed E-state index contributed by atoms with van der Waals surface area (Å²) in [6.45, 7) is 3.88. The van der Waals surface area contributed by atoms with Crippen molar-refractivity contribution in [3.8, 4) is 5.75 Å². The molecule has 0 heterocycles. The topological polar surface area (TPSA) is 35.5 Å². The number of esters is 1. The van der Waals surface area contributed by atoms with Gasteiger partial charge in [0.15, 0.2) is 0 Å². The average molecular weight is 570 g/mol. The van der Waals surface area contributed by atoms with Crippen molar-refractivity contribution in [1.29, 1.82) is 0 Å². The molecular formula is C11H9I3O3. The van der Waals surface area contributed by atoms with Crippen LogP contribution in [0.2, 0.25) is 0 Å². The minimum Gasteiger partial charge on any atom is -0.488 e. The highest BCUT2D eigenvalue weighted by atomic mass is 127. The molecule has 6 heteroatoms. The van der Waals surface area contributed by atoms with Gasteiger partial charge in [-0.15, -0.1) is 0 Å². The molecule has 0 aliphatic rings. The van der Waals surface area contributed by atoms with E-state index in [9.17, 15) is 4.79 Å². The van der Waals surface area contributed by atoms with Crippen LogP contribution in [-0.2, 0) is 9.53 Å². The van der Waals surface area contributed by atoms with Crippen molar-refractivity contribution in [2.24, 2.45) is 0 Å². The van der Waals surface area contributed by atoms with Crippen LogP contribution < -0.4 is 4.74 Å². The molecule has 0 radical (unpaired) electrons. The Morgan fingerprint density at radius 1 is 1.24 bits per heavy atom. The second kappa shape index (κ2) is 7.77. The predicted octanol–water partition coefficient (Wildman–Crippen LogP) is 3.61. The Balaban J connectivity index is 2.52. The standard InChI is InChI=1S/C11H9I3O3/c1-2-10(15)16-3-4-17-11-8(13)5-7(12)6-9(11)14/h2,5-6H,1,3-4H2. The van der Waals surface area contributed by atoms with Gasteiger partial charge in [-0.2, -0.15) is 0 Å². The fourth-order valence-corrected chi connectivity index (χ4v) is 4.91. The van der Waals surface area contributed by atoms with E-state index in [0.717, 1.165) is 19.0 Å². The molecule has 92 valence electrons. The molecule has 0 spiro atoms. The van der Waals surface area contributed by atoms with Gasteiger partial charge in [0.05, 0.1) is 7.14 Å². The van der Waals surface area contributed by atoms with Crippen LogP contribution >= 0.6 is 67.8 Å². The quantitative estimate of drug-likeness (QED) is 0.235. The summed E-state index contributed by atoms with van der Waals surface area (Å²) in [5.74, 6) is 0.405. The highest BCUT2D eigenvalue weighted by Gasteiger charge is 2.08. The third-order valence-electron chi connectivity index (χ3n) is 1.70. The zero-order valence-electron chi connectivity index (χ0n) is 8.71. The van der Waals surface area contributed by atoms with Crippen molar-refractivity contribution >= 4 is 73.7 Å². The molecule has 1 aromatic rings. The number of carbonyl (C=O) groups is 1. The van der Waals surface area contributed by atoms with Gasteiger partial charge in [0.2, 0.25) is 0 Å². The first-order valence-corrected chi connectivity index (χ1v) is 7.84. The second-order valence-corrected chi connectivity index (χ2v) is 6.49. The molecule has 0 amide bonds. The third-order valence-corrected chi connectivity index (χ3v) is 3.93. The second-order valence-electron chi connectivity index (χ2n) is 2.92. The van der Waals surface area contributed by atoms with Crippen molar-refractivity contribution in [3.63, 3.8) is 0 Å². The minimum atomic E-state index is -0.430. The van der Waals surface area contributed by atoms with Crippen molar-refractivity contribution < 1.29 is 14.3 Å². The molecule has 0 saturated carbocycles. The molecule has 0 unspecified atom stereocenters. The lowest BCUT2D eigenvalue weighted by Gasteiger charge is -2.10. The number of ether oxygens (including phenoxy) is 2. The summed E-state index contributed by atoms with van der Waals surface area (Å²) < 4.78 is 13.7. The monoisotopic (exact) mass is 570 g/mol. The lowest BCUT2D eigenvalue weighted by atomic mass is 10.3. The summed E-state index contributed by atoms with van der Waals surface area (Å²) in [6.07, 6.45) is 1.14. The van der Waals surface area contributed by atoms with Crippen LogP contribution in [0.25, 0.3) is 0 Å². The highest BCUT2D eigenvalue weighted by molar-refractivity contribution is 14.1. The van der Waals surface area contributed by atoms with Crippen LogP contribution in [0.3, 0.4) is 0 Å². The molecule has 0 fully saturated rings. The summed E-state index contributed by atoms with van der Waals surface area (Å²) in [5, 5.41) is 0. The van der Waals surface area contributed by atoms with Crippen LogP contribution in [0.1, 0.15) is 0 Å². The molecule has 1 aromatic carbocycles. The summed E-state index contributed by atoms with van der Waals surface area (Å²) in [6, 6.07) is 4.07. The Hall–Kier alpha value is 0.420. The lowest BCUT2D eigenvalue weighted by Crippen LogP contribution is -2.11. The molecular weight excluding hydrogens is 561 g/mol. The van der Waals surface area contributed by atoms with E-state index in [4.69, 9.17) is 9.47 Å².